The molecule has 0 aliphatic carbocycles. The lowest BCUT2D eigenvalue weighted by Gasteiger charge is -2.40. The number of aliphatic hydroxyl groups is 1. The highest BCUT2D eigenvalue weighted by Crippen LogP contribution is 2.34. The lowest BCUT2D eigenvalue weighted by Crippen LogP contribution is -2.48. The summed E-state index contributed by atoms with van der Waals surface area (Å²) in [6.45, 7) is 6.63. The van der Waals surface area contributed by atoms with E-state index in [0.29, 0.717) is 18.5 Å². The average molecular weight is 277 g/mol. The van der Waals surface area contributed by atoms with Crippen LogP contribution in [0.3, 0.4) is 0 Å². The monoisotopic (exact) mass is 277 g/mol. The maximum Gasteiger partial charge on any atom is 0.0730 e. The molecular weight excluding hydrogens is 250 g/mol. The molecule has 3 atom stereocenters. The Bertz CT molecular complexity index is 458. The molecule has 1 N–H and O–H groups in total. The largest absolute Gasteiger partial charge is 0.389 e. The van der Waals surface area contributed by atoms with Crippen LogP contribution in [-0.2, 0) is 6.42 Å². The van der Waals surface area contributed by atoms with Crippen LogP contribution >= 0.6 is 0 Å². The molecule has 0 radical (unpaired) electrons. The summed E-state index contributed by atoms with van der Waals surface area (Å²) in [6.07, 6.45) is 8.21. The molecule has 0 aromatic carbocycles. The van der Waals surface area contributed by atoms with Crippen LogP contribution in [-0.4, -0.2) is 44.5 Å². The van der Waals surface area contributed by atoms with Gasteiger partial charge in [-0.05, 0) is 51.6 Å². The first-order valence-corrected chi connectivity index (χ1v) is 8.10. The van der Waals surface area contributed by atoms with Gasteiger partial charge in [0.1, 0.15) is 0 Å². The van der Waals surface area contributed by atoms with Crippen LogP contribution in [0, 0.1) is 0 Å². The van der Waals surface area contributed by atoms with E-state index in [1.54, 1.807) is 0 Å². The van der Waals surface area contributed by atoms with Crippen molar-refractivity contribution in [3.63, 3.8) is 0 Å². The molecule has 4 heteroatoms. The average Bonchev–Trinajstić information content (AvgIpc) is 3.05. The predicted octanol–water partition coefficient (Wildman–Crippen LogP) is 2.39. The number of rotatable bonds is 4. The third-order valence-electron chi connectivity index (χ3n) is 5.20. The summed E-state index contributed by atoms with van der Waals surface area (Å²) in [5, 5.41) is 15.5. The van der Waals surface area contributed by atoms with Gasteiger partial charge in [0.15, 0.2) is 0 Å². The molecule has 0 spiro atoms. The van der Waals surface area contributed by atoms with Gasteiger partial charge < -0.3 is 10.0 Å². The highest BCUT2D eigenvalue weighted by Gasteiger charge is 2.40. The number of piperidine rings is 1. The van der Waals surface area contributed by atoms with Crippen molar-refractivity contribution in [1.29, 1.82) is 0 Å². The molecule has 3 unspecified atom stereocenters. The van der Waals surface area contributed by atoms with Crippen molar-refractivity contribution >= 4 is 0 Å². The summed E-state index contributed by atoms with van der Waals surface area (Å²) in [7, 11) is 0. The summed E-state index contributed by atoms with van der Waals surface area (Å²) in [4.78, 5) is 2.55. The van der Waals surface area contributed by atoms with Gasteiger partial charge in [-0.15, -0.1) is 0 Å². The molecule has 3 heterocycles. The summed E-state index contributed by atoms with van der Waals surface area (Å²) in [5.74, 6) is 0. The van der Waals surface area contributed by atoms with Gasteiger partial charge in [0.25, 0.3) is 0 Å². The van der Waals surface area contributed by atoms with Crippen LogP contribution in [0.5, 0.6) is 0 Å². The van der Waals surface area contributed by atoms with Gasteiger partial charge in [0, 0.05) is 31.2 Å². The van der Waals surface area contributed by atoms with Gasteiger partial charge in [-0.2, -0.15) is 5.10 Å². The minimum atomic E-state index is -0.542. The Kier molecular flexibility index (Phi) is 3.87. The quantitative estimate of drug-likeness (QED) is 0.918. The number of aromatic nitrogens is 2. The number of nitrogens with zero attached hydrogens (tertiary/aromatic N) is 3. The number of hydrogen-bond donors (Lipinski definition) is 1. The van der Waals surface area contributed by atoms with E-state index in [1.165, 1.54) is 19.4 Å². The van der Waals surface area contributed by atoms with E-state index in [2.05, 4.69) is 36.1 Å². The molecule has 0 amide bonds. The molecule has 0 bridgehead atoms. The Hall–Kier alpha value is -0.870. The third-order valence-corrected chi connectivity index (χ3v) is 5.20. The molecule has 4 nitrogen and oxygen atoms in total. The first-order chi connectivity index (χ1) is 9.59. The molecule has 2 aliphatic rings. The van der Waals surface area contributed by atoms with Crippen molar-refractivity contribution in [2.24, 2.45) is 0 Å². The lowest BCUT2D eigenvalue weighted by atomic mass is 9.83. The summed E-state index contributed by atoms with van der Waals surface area (Å²) >= 11 is 0. The number of hydrogen-bond acceptors (Lipinski definition) is 3. The normalized spacial score (nSPS) is 32.2. The zero-order valence-electron chi connectivity index (χ0n) is 12.8. The van der Waals surface area contributed by atoms with E-state index < -0.39 is 5.60 Å². The third kappa shape index (κ3) is 2.77. The summed E-state index contributed by atoms with van der Waals surface area (Å²) < 4.78 is 2.03. The van der Waals surface area contributed by atoms with Gasteiger partial charge in [0.05, 0.1) is 11.3 Å². The second kappa shape index (κ2) is 5.49. The SMILES string of the molecule is CCC(C)n1ccc(CC2(O)CCN3CCCC3C2)n1. The summed E-state index contributed by atoms with van der Waals surface area (Å²) in [6, 6.07) is 3.12. The highest BCUT2D eigenvalue weighted by molar-refractivity contribution is 5.07. The van der Waals surface area contributed by atoms with E-state index in [9.17, 15) is 5.11 Å². The first-order valence-electron chi connectivity index (χ1n) is 8.10. The first kappa shape index (κ1) is 14.1. The van der Waals surface area contributed by atoms with Crippen LogP contribution in [0.2, 0.25) is 0 Å². The fourth-order valence-corrected chi connectivity index (χ4v) is 3.71. The zero-order chi connectivity index (χ0) is 14.2. The molecule has 20 heavy (non-hydrogen) atoms. The lowest BCUT2D eigenvalue weighted by molar-refractivity contribution is -0.0361. The van der Waals surface area contributed by atoms with Crippen molar-refractivity contribution in [2.75, 3.05) is 13.1 Å². The maximum absolute atomic E-state index is 10.9. The van der Waals surface area contributed by atoms with Gasteiger partial charge in [-0.3, -0.25) is 4.68 Å². The Labute approximate surface area is 121 Å². The van der Waals surface area contributed by atoms with Crippen molar-refractivity contribution in [3.8, 4) is 0 Å². The van der Waals surface area contributed by atoms with Crippen LogP contribution in [0.1, 0.15) is 57.7 Å². The zero-order valence-corrected chi connectivity index (χ0v) is 12.8. The van der Waals surface area contributed by atoms with Crippen LogP contribution in [0.4, 0.5) is 0 Å². The van der Waals surface area contributed by atoms with Crippen molar-refractivity contribution in [2.45, 2.75) is 70.1 Å². The highest BCUT2D eigenvalue weighted by atomic mass is 16.3. The van der Waals surface area contributed by atoms with Crippen LogP contribution in [0.15, 0.2) is 12.3 Å². The van der Waals surface area contributed by atoms with Crippen LogP contribution in [0.25, 0.3) is 0 Å². The van der Waals surface area contributed by atoms with E-state index in [-0.39, 0.29) is 0 Å². The smallest absolute Gasteiger partial charge is 0.0730 e. The Morgan fingerprint density at radius 2 is 2.35 bits per heavy atom. The van der Waals surface area contributed by atoms with Gasteiger partial charge in [-0.25, -0.2) is 0 Å². The molecule has 2 aliphatic heterocycles. The van der Waals surface area contributed by atoms with Gasteiger partial charge in [0.2, 0.25) is 0 Å². The Balaban J connectivity index is 1.66. The molecule has 3 rings (SSSR count). The van der Waals surface area contributed by atoms with E-state index in [0.717, 1.165) is 31.5 Å². The second-order valence-corrected chi connectivity index (χ2v) is 6.73. The predicted molar refractivity (Wildman–Crippen MR) is 79.7 cm³/mol. The maximum atomic E-state index is 10.9. The molecule has 2 saturated heterocycles. The standard InChI is InChI=1S/C16H27N3O/c1-3-13(2)19-9-6-14(17-19)11-16(20)7-10-18-8-4-5-15(18)12-16/h6,9,13,15,20H,3-5,7-8,10-12H2,1-2H3. The molecule has 1 aromatic heterocycles. The fraction of sp³-hybridized carbons (Fsp3) is 0.812. The minimum Gasteiger partial charge on any atom is -0.389 e. The van der Waals surface area contributed by atoms with Crippen molar-refractivity contribution in [3.05, 3.63) is 18.0 Å². The topological polar surface area (TPSA) is 41.3 Å². The van der Waals surface area contributed by atoms with Gasteiger partial charge >= 0.3 is 0 Å². The molecule has 112 valence electrons. The Morgan fingerprint density at radius 1 is 1.50 bits per heavy atom. The van der Waals surface area contributed by atoms with Gasteiger partial charge in [-0.1, -0.05) is 6.92 Å². The molecular formula is C16H27N3O. The molecule has 0 saturated carbocycles. The fourth-order valence-electron chi connectivity index (χ4n) is 3.71. The van der Waals surface area contributed by atoms with E-state index in [1.807, 2.05) is 4.68 Å². The van der Waals surface area contributed by atoms with Crippen molar-refractivity contribution < 1.29 is 5.11 Å². The molecule has 1 aromatic rings. The number of fused-ring (bicyclic) bond motifs is 1. The van der Waals surface area contributed by atoms with Crippen molar-refractivity contribution in [1.82, 2.24) is 14.7 Å². The van der Waals surface area contributed by atoms with E-state index in [4.69, 9.17) is 0 Å². The minimum absolute atomic E-state index is 0.440. The van der Waals surface area contributed by atoms with Crippen LogP contribution < -0.4 is 0 Å². The molecule has 2 fully saturated rings. The second-order valence-electron chi connectivity index (χ2n) is 6.73. The van der Waals surface area contributed by atoms with E-state index >= 15 is 0 Å². The Morgan fingerprint density at radius 3 is 3.15 bits per heavy atom. The summed E-state index contributed by atoms with van der Waals surface area (Å²) in [5.41, 5.74) is 0.499.